The number of carbonyl (C=O) groups is 2. The van der Waals surface area contributed by atoms with Crippen LogP contribution < -0.4 is 0 Å². The van der Waals surface area contributed by atoms with Crippen molar-refractivity contribution in [1.29, 1.82) is 0 Å². The van der Waals surface area contributed by atoms with E-state index in [-0.39, 0.29) is 24.9 Å². The van der Waals surface area contributed by atoms with E-state index in [9.17, 15) is 9.59 Å². The third kappa shape index (κ3) is 3.39. The van der Waals surface area contributed by atoms with Gasteiger partial charge in [-0.3, -0.25) is 9.59 Å². The second-order valence-electron chi connectivity index (χ2n) is 5.69. The highest BCUT2D eigenvalue weighted by Crippen LogP contribution is 2.27. The molecule has 23 heavy (non-hydrogen) atoms. The number of rotatable bonds is 6. The number of carboxylic acid groups (broad SMARTS) is 1. The van der Waals surface area contributed by atoms with Crippen LogP contribution in [0.25, 0.3) is 5.69 Å². The van der Waals surface area contributed by atoms with Gasteiger partial charge in [0.05, 0.1) is 23.5 Å². The minimum Gasteiger partial charge on any atom is -0.480 e. The number of aliphatic carboxylic acids is 1. The molecule has 1 fully saturated rings. The zero-order valence-electron chi connectivity index (χ0n) is 12.8. The first-order valence-corrected chi connectivity index (χ1v) is 7.54. The summed E-state index contributed by atoms with van der Waals surface area (Å²) in [5.74, 6) is -1.20. The number of benzene rings is 1. The lowest BCUT2D eigenvalue weighted by atomic mass is 10.2. The van der Waals surface area contributed by atoms with E-state index in [1.165, 1.54) is 4.90 Å². The van der Waals surface area contributed by atoms with E-state index >= 15 is 0 Å². The van der Waals surface area contributed by atoms with Crippen LogP contribution in [0.5, 0.6) is 0 Å². The van der Waals surface area contributed by atoms with Gasteiger partial charge in [-0.1, -0.05) is 23.4 Å². The van der Waals surface area contributed by atoms with Crippen molar-refractivity contribution in [3.05, 3.63) is 41.7 Å². The minimum atomic E-state index is -0.991. The number of hydrogen-bond donors (Lipinski definition) is 1. The van der Waals surface area contributed by atoms with Crippen molar-refractivity contribution in [3.8, 4) is 5.69 Å². The summed E-state index contributed by atoms with van der Waals surface area (Å²) in [7, 11) is 0. The number of hydrogen-bond acceptors (Lipinski definition) is 4. The Balaban J connectivity index is 1.76. The summed E-state index contributed by atoms with van der Waals surface area (Å²) in [6.45, 7) is 1.60. The monoisotopic (exact) mass is 314 g/mol. The maximum Gasteiger partial charge on any atom is 0.323 e. The van der Waals surface area contributed by atoms with Crippen LogP contribution in [0.15, 0.2) is 30.3 Å². The van der Waals surface area contributed by atoms with Crippen LogP contribution >= 0.6 is 0 Å². The van der Waals surface area contributed by atoms with Gasteiger partial charge in [0.2, 0.25) is 5.91 Å². The lowest BCUT2D eigenvalue weighted by Gasteiger charge is -2.19. The number of para-hydroxylation sites is 1. The Morgan fingerprint density at radius 1 is 1.30 bits per heavy atom. The van der Waals surface area contributed by atoms with Gasteiger partial charge >= 0.3 is 5.97 Å². The second-order valence-corrected chi connectivity index (χ2v) is 5.69. The molecule has 0 saturated heterocycles. The van der Waals surface area contributed by atoms with E-state index in [1.54, 1.807) is 4.68 Å². The van der Waals surface area contributed by atoms with E-state index in [4.69, 9.17) is 5.11 Å². The Morgan fingerprint density at radius 2 is 2.00 bits per heavy atom. The first kappa shape index (κ1) is 15.2. The van der Waals surface area contributed by atoms with Gasteiger partial charge < -0.3 is 10.0 Å². The smallest absolute Gasteiger partial charge is 0.323 e. The molecule has 0 radical (unpaired) electrons. The Morgan fingerprint density at radius 3 is 2.61 bits per heavy atom. The molecule has 1 saturated carbocycles. The molecule has 7 nitrogen and oxygen atoms in total. The van der Waals surface area contributed by atoms with Crippen LogP contribution in [0.2, 0.25) is 0 Å². The molecule has 1 N–H and O–H groups in total. The number of amides is 1. The van der Waals surface area contributed by atoms with Crippen molar-refractivity contribution in [3.63, 3.8) is 0 Å². The average molecular weight is 314 g/mol. The molecule has 7 heteroatoms. The van der Waals surface area contributed by atoms with E-state index in [2.05, 4.69) is 10.3 Å². The maximum atomic E-state index is 12.4. The maximum absolute atomic E-state index is 12.4. The van der Waals surface area contributed by atoms with Crippen molar-refractivity contribution in [2.45, 2.75) is 32.2 Å². The summed E-state index contributed by atoms with van der Waals surface area (Å²) in [4.78, 5) is 24.8. The highest BCUT2D eigenvalue weighted by molar-refractivity contribution is 5.83. The minimum absolute atomic E-state index is 0.0584. The second kappa shape index (κ2) is 6.20. The van der Waals surface area contributed by atoms with E-state index in [1.807, 2.05) is 37.3 Å². The third-order valence-electron chi connectivity index (χ3n) is 3.92. The summed E-state index contributed by atoms with van der Waals surface area (Å²) in [6, 6.07) is 9.61. The molecule has 1 aliphatic rings. The van der Waals surface area contributed by atoms with Gasteiger partial charge in [0, 0.05) is 6.04 Å². The fourth-order valence-corrected chi connectivity index (χ4v) is 2.54. The SMILES string of the molecule is Cc1c(CC(=O)N(CC(=O)O)C2CC2)nnn1-c1ccccc1. The van der Waals surface area contributed by atoms with Crippen molar-refractivity contribution < 1.29 is 14.7 Å². The average Bonchev–Trinajstić information content (AvgIpc) is 3.31. The van der Waals surface area contributed by atoms with Crippen LogP contribution in [-0.2, 0) is 16.0 Å². The lowest BCUT2D eigenvalue weighted by Crippen LogP contribution is -2.38. The topological polar surface area (TPSA) is 88.3 Å². The van der Waals surface area contributed by atoms with Crippen LogP contribution in [0.1, 0.15) is 24.2 Å². The fraction of sp³-hybridized carbons (Fsp3) is 0.375. The number of carboxylic acids is 1. The molecule has 0 spiro atoms. The summed E-state index contributed by atoms with van der Waals surface area (Å²) in [5.41, 5.74) is 2.24. The molecule has 120 valence electrons. The Hall–Kier alpha value is -2.70. The van der Waals surface area contributed by atoms with Crippen LogP contribution in [0, 0.1) is 6.92 Å². The predicted octanol–water partition coefficient (Wildman–Crippen LogP) is 1.19. The van der Waals surface area contributed by atoms with Crippen LogP contribution in [0.4, 0.5) is 0 Å². The number of carbonyl (C=O) groups excluding carboxylic acids is 1. The van der Waals surface area contributed by atoms with Crippen molar-refractivity contribution in [2.24, 2.45) is 0 Å². The molecule has 1 aliphatic carbocycles. The van der Waals surface area contributed by atoms with Gasteiger partial charge in [-0.2, -0.15) is 0 Å². The van der Waals surface area contributed by atoms with Gasteiger partial charge in [0.1, 0.15) is 6.54 Å². The summed E-state index contributed by atoms with van der Waals surface area (Å²) in [6.07, 6.45) is 1.81. The van der Waals surface area contributed by atoms with Crippen LogP contribution in [-0.4, -0.2) is 49.5 Å². The molecular weight excluding hydrogens is 296 g/mol. The summed E-state index contributed by atoms with van der Waals surface area (Å²) < 4.78 is 1.68. The molecule has 1 amide bonds. The summed E-state index contributed by atoms with van der Waals surface area (Å²) >= 11 is 0. The Labute approximate surface area is 133 Å². The number of nitrogens with zero attached hydrogens (tertiary/aromatic N) is 4. The van der Waals surface area contributed by atoms with Crippen molar-refractivity contribution >= 4 is 11.9 Å². The molecule has 1 aromatic heterocycles. The molecule has 2 aromatic rings. The molecular formula is C16H18N4O3. The standard InChI is InChI=1S/C16H18N4O3/c1-11-14(17-18-20(11)13-5-3-2-4-6-13)9-15(21)19(10-16(22)23)12-7-8-12/h2-6,12H,7-10H2,1H3,(H,22,23). The highest BCUT2D eigenvalue weighted by atomic mass is 16.4. The molecule has 0 aliphatic heterocycles. The third-order valence-corrected chi connectivity index (χ3v) is 3.92. The van der Waals surface area contributed by atoms with Crippen LogP contribution in [0.3, 0.4) is 0 Å². The molecule has 3 rings (SSSR count). The molecule has 0 unspecified atom stereocenters. The fourth-order valence-electron chi connectivity index (χ4n) is 2.54. The molecule has 0 bridgehead atoms. The molecule has 0 atom stereocenters. The zero-order valence-corrected chi connectivity index (χ0v) is 12.8. The first-order valence-electron chi connectivity index (χ1n) is 7.54. The zero-order chi connectivity index (χ0) is 16.4. The molecule has 1 aromatic carbocycles. The number of aromatic nitrogens is 3. The van der Waals surface area contributed by atoms with Gasteiger partial charge in [0.15, 0.2) is 0 Å². The first-order chi connectivity index (χ1) is 11.1. The largest absolute Gasteiger partial charge is 0.480 e. The van der Waals surface area contributed by atoms with Gasteiger partial charge in [0.25, 0.3) is 0 Å². The quantitative estimate of drug-likeness (QED) is 0.865. The van der Waals surface area contributed by atoms with Gasteiger partial charge in [-0.15, -0.1) is 5.10 Å². The van der Waals surface area contributed by atoms with Crippen molar-refractivity contribution in [2.75, 3.05) is 6.54 Å². The van der Waals surface area contributed by atoms with Crippen molar-refractivity contribution in [1.82, 2.24) is 19.9 Å². The van der Waals surface area contributed by atoms with E-state index in [0.29, 0.717) is 5.69 Å². The van der Waals surface area contributed by atoms with E-state index in [0.717, 1.165) is 24.2 Å². The Kier molecular flexibility index (Phi) is 4.10. The lowest BCUT2D eigenvalue weighted by molar-refractivity contribution is -0.144. The normalized spacial score (nSPS) is 13.8. The van der Waals surface area contributed by atoms with E-state index < -0.39 is 5.97 Å². The van der Waals surface area contributed by atoms with Gasteiger partial charge in [-0.05, 0) is 31.9 Å². The predicted molar refractivity (Wildman–Crippen MR) is 82.2 cm³/mol. The summed E-state index contributed by atoms with van der Waals surface area (Å²) in [5, 5.41) is 17.1. The van der Waals surface area contributed by atoms with Gasteiger partial charge in [-0.25, -0.2) is 4.68 Å². The highest BCUT2D eigenvalue weighted by Gasteiger charge is 2.34. The molecule has 1 heterocycles. The Bertz CT molecular complexity index is 722.